The number of halogens is 2. The second-order valence-corrected chi connectivity index (χ2v) is 6.60. The molecule has 0 saturated carbocycles. The van der Waals surface area contributed by atoms with Crippen molar-refractivity contribution in [3.8, 4) is 0 Å². The van der Waals surface area contributed by atoms with Crippen LogP contribution in [0.4, 0.5) is 9.52 Å². The van der Waals surface area contributed by atoms with Gasteiger partial charge in [-0.3, -0.25) is 14.9 Å². The lowest BCUT2D eigenvalue weighted by Gasteiger charge is -2.10. The average molecular weight is 378 g/mol. The molecule has 0 fully saturated rings. The van der Waals surface area contributed by atoms with Gasteiger partial charge in [-0.15, -0.1) is 11.3 Å². The third kappa shape index (κ3) is 3.94. The topological polar surface area (TPSA) is 64.0 Å². The fraction of sp³-hybridized carbons (Fsp3) is 0.118. The smallest absolute Gasteiger partial charge is 0.258 e. The highest BCUT2D eigenvalue weighted by Gasteiger charge is 2.12. The molecule has 0 aliphatic rings. The summed E-state index contributed by atoms with van der Waals surface area (Å²) in [5.74, 6) is -0.907. The first-order valence-corrected chi connectivity index (χ1v) is 8.56. The molecule has 0 radical (unpaired) electrons. The van der Waals surface area contributed by atoms with E-state index in [-0.39, 0.29) is 28.3 Å². The minimum Gasteiger partial charge on any atom is -0.310 e. The van der Waals surface area contributed by atoms with Crippen LogP contribution in [-0.4, -0.2) is 15.5 Å². The van der Waals surface area contributed by atoms with Gasteiger partial charge in [0, 0.05) is 28.2 Å². The summed E-state index contributed by atoms with van der Waals surface area (Å²) in [6, 6.07) is 6.98. The molecule has 0 aliphatic carbocycles. The molecule has 1 amide bonds. The number of anilines is 1. The van der Waals surface area contributed by atoms with Crippen molar-refractivity contribution in [2.75, 3.05) is 5.32 Å². The molecule has 128 valence electrons. The Morgan fingerprint density at radius 3 is 2.84 bits per heavy atom. The number of aromatic nitrogens is 2. The van der Waals surface area contributed by atoms with E-state index in [1.807, 2.05) is 12.3 Å². The summed E-state index contributed by atoms with van der Waals surface area (Å²) in [6.07, 6.45) is 1.38. The minimum absolute atomic E-state index is 0.0676. The van der Waals surface area contributed by atoms with Gasteiger partial charge in [0.05, 0.1) is 17.8 Å². The van der Waals surface area contributed by atoms with Gasteiger partial charge >= 0.3 is 0 Å². The van der Waals surface area contributed by atoms with Gasteiger partial charge in [0.25, 0.3) is 11.5 Å². The molecular formula is C17H13ClFN3O2S. The Balaban J connectivity index is 1.88. The van der Waals surface area contributed by atoms with Crippen molar-refractivity contribution in [2.24, 2.45) is 0 Å². The van der Waals surface area contributed by atoms with Gasteiger partial charge in [0.2, 0.25) is 0 Å². The highest BCUT2D eigenvalue weighted by atomic mass is 35.5. The summed E-state index contributed by atoms with van der Waals surface area (Å²) in [5, 5.41) is 5.17. The SMILES string of the molecule is Cc1csc(NC(=O)c2ccc(=O)n(Cc3c(F)cccc3Cl)c2)n1. The lowest BCUT2D eigenvalue weighted by molar-refractivity contribution is 0.102. The van der Waals surface area contributed by atoms with Crippen molar-refractivity contribution in [3.05, 3.63) is 79.9 Å². The molecule has 2 aromatic heterocycles. The zero-order chi connectivity index (χ0) is 18.0. The second kappa shape index (κ2) is 7.16. The summed E-state index contributed by atoms with van der Waals surface area (Å²) >= 11 is 7.31. The largest absolute Gasteiger partial charge is 0.310 e. The van der Waals surface area contributed by atoms with Gasteiger partial charge in [0.1, 0.15) is 5.82 Å². The number of rotatable bonds is 4. The van der Waals surface area contributed by atoms with Crippen LogP contribution < -0.4 is 10.9 Å². The average Bonchev–Trinajstić information content (AvgIpc) is 2.97. The van der Waals surface area contributed by atoms with E-state index in [9.17, 15) is 14.0 Å². The molecule has 1 N–H and O–H groups in total. The normalized spacial score (nSPS) is 10.7. The number of nitrogens with one attached hydrogen (secondary N) is 1. The standard InChI is InChI=1S/C17H13ClFN3O2S/c1-10-9-25-17(20-10)21-16(24)11-5-6-15(23)22(7-11)8-12-13(18)3-2-4-14(12)19/h2-7,9H,8H2,1H3,(H,20,21,24). The van der Waals surface area contributed by atoms with Gasteiger partial charge in [0.15, 0.2) is 5.13 Å². The van der Waals surface area contributed by atoms with Crippen molar-refractivity contribution >= 4 is 34.0 Å². The number of amides is 1. The Hall–Kier alpha value is -2.51. The molecule has 0 bridgehead atoms. The molecule has 0 aliphatic heterocycles. The number of thiazole rings is 1. The Kier molecular flexibility index (Phi) is 4.96. The molecule has 1 aromatic carbocycles. The summed E-state index contributed by atoms with van der Waals surface area (Å²) in [6.45, 7) is 1.76. The molecule has 8 heteroatoms. The van der Waals surface area contributed by atoms with E-state index in [1.54, 1.807) is 6.07 Å². The monoisotopic (exact) mass is 377 g/mol. The van der Waals surface area contributed by atoms with Crippen molar-refractivity contribution in [1.82, 2.24) is 9.55 Å². The van der Waals surface area contributed by atoms with Crippen LogP contribution in [-0.2, 0) is 6.54 Å². The van der Waals surface area contributed by atoms with Gasteiger partial charge in [-0.2, -0.15) is 0 Å². The number of hydrogen-bond donors (Lipinski definition) is 1. The number of hydrogen-bond acceptors (Lipinski definition) is 4. The zero-order valence-corrected chi connectivity index (χ0v) is 14.7. The molecule has 0 unspecified atom stereocenters. The molecule has 25 heavy (non-hydrogen) atoms. The fourth-order valence-corrected chi connectivity index (χ4v) is 3.13. The van der Waals surface area contributed by atoms with Crippen LogP contribution in [0.25, 0.3) is 0 Å². The van der Waals surface area contributed by atoms with Crippen LogP contribution >= 0.6 is 22.9 Å². The van der Waals surface area contributed by atoms with Crippen molar-refractivity contribution in [3.63, 3.8) is 0 Å². The summed E-state index contributed by atoms with van der Waals surface area (Å²) in [7, 11) is 0. The van der Waals surface area contributed by atoms with Crippen LogP contribution in [0, 0.1) is 12.7 Å². The molecule has 3 rings (SSSR count). The van der Waals surface area contributed by atoms with Gasteiger partial charge in [-0.1, -0.05) is 17.7 Å². The lowest BCUT2D eigenvalue weighted by atomic mass is 10.2. The number of benzene rings is 1. The van der Waals surface area contributed by atoms with Crippen LogP contribution in [0.2, 0.25) is 5.02 Å². The van der Waals surface area contributed by atoms with Crippen LogP contribution in [0.5, 0.6) is 0 Å². The molecule has 0 spiro atoms. The summed E-state index contributed by atoms with van der Waals surface area (Å²) < 4.78 is 15.2. The minimum atomic E-state index is -0.507. The van der Waals surface area contributed by atoms with E-state index >= 15 is 0 Å². The Bertz CT molecular complexity index is 979. The zero-order valence-electron chi connectivity index (χ0n) is 13.1. The molecule has 5 nitrogen and oxygen atoms in total. The highest BCUT2D eigenvalue weighted by molar-refractivity contribution is 7.13. The van der Waals surface area contributed by atoms with E-state index in [4.69, 9.17) is 11.6 Å². The van der Waals surface area contributed by atoms with Crippen LogP contribution in [0.1, 0.15) is 21.6 Å². The lowest BCUT2D eigenvalue weighted by Crippen LogP contribution is -2.23. The number of carbonyl (C=O) groups is 1. The van der Waals surface area contributed by atoms with Crippen LogP contribution in [0.3, 0.4) is 0 Å². The molecule has 3 aromatic rings. The molecular weight excluding hydrogens is 365 g/mol. The van der Waals surface area contributed by atoms with Gasteiger partial charge < -0.3 is 4.57 Å². The number of carbonyl (C=O) groups excluding carboxylic acids is 1. The Morgan fingerprint density at radius 2 is 2.16 bits per heavy atom. The van der Waals surface area contributed by atoms with E-state index < -0.39 is 11.7 Å². The first kappa shape index (κ1) is 17.3. The van der Waals surface area contributed by atoms with E-state index in [0.29, 0.717) is 5.13 Å². The maximum atomic E-state index is 13.9. The van der Waals surface area contributed by atoms with Crippen molar-refractivity contribution in [1.29, 1.82) is 0 Å². The highest BCUT2D eigenvalue weighted by Crippen LogP contribution is 2.20. The van der Waals surface area contributed by atoms with Crippen molar-refractivity contribution in [2.45, 2.75) is 13.5 Å². The predicted octanol–water partition coefficient (Wildman–Crippen LogP) is 3.71. The quantitative estimate of drug-likeness (QED) is 0.753. The molecule has 2 heterocycles. The Morgan fingerprint density at radius 1 is 1.36 bits per heavy atom. The van der Waals surface area contributed by atoms with E-state index in [2.05, 4.69) is 10.3 Å². The third-order valence-corrected chi connectivity index (χ3v) is 4.70. The van der Waals surface area contributed by atoms with E-state index in [0.717, 1.165) is 5.69 Å². The van der Waals surface area contributed by atoms with E-state index in [1.165, 1.54) is 46.4 Å². The Labute approximate surface area is 151 Å². The van der Waals surface area contributed by atoms with Gasteiger partial charge in [-0.05, 0) is 25.1 Å². The predicted molar refractivity (Wildman–Crippen MR) is 96.0 cm³/mol. The number of aryl methyl sites for hydroxylation is 1. The number of pyridine rings is 1. The third-order valence-electron chi connectivity index (χ3n) is 3.48. The maximum absolute atomic E-state index is 13.9. The summed E-state index contributed by atoms with van der Waals surface area (Å²) in [5.41, 5.74) is 0.903. The second-order valence-electron chi connectivity index (χ2n) is 5.33. The molecule has 0 atom stereocenters. The molecule has 0 saturated heterocycles. The van der Waals surface area contributed by atoms with Crippen molar-refractivity contribution < 1.29 is 9.18 Å². The number of nitrogens with zero attached hydrogens (tertiary/aromatic N) is 2. The first-order chi connectivity index (χ1) is 11.9. The fourth-order valence-electron chi connectivity index (χ4n) is 2.22. The summed E-state index contributed by atoms with van der Waals surface area (Å²) in [4.78, 5) is 28.5. The maximum Gasteiger partial charge on any atom is 0.258 e. The van der Waals surface area contributed by atoms with Gasteiger partial charge in [-0.25, -0.2) is 9.37 Å². The van der Waals surface area contributed by atoms with Crippen LogP contribution in [0.15, 0.2) is 46.7 Å². The first-order valence-electron chi connectivity index (χ1n) is 7.31.